The van der Waals surface area contributed by atoms with E-state index in [2.05, 4.69) is 19.2 Å². The van der Waals surface area contributed by atoms with Crippen molar-refractivity contribution in [2.75, 3.05) is 0 Å². The number of hydrogen-bond acceptors (Lipinski definition) is 3. The molecule has 0 fully saturated rings. The van der Waals surface area contributed by atoms with Crippen molar-refractivity contribution in [2.45, 2.75) is 52.1 Å². The summed E-state index contributed by atoms with van der Waals surface area (Å²) in [6.07, 6.45) is 3.58. The van der Waals surface area contributed by atoms with E-state index >= 15 is 0 Å². The molecule has 0 aliphatic heterocycles. The lowest BCUT2D eigenvalue weighted by Crippen LogP contribution is -2.48. The highest BCUT2D eigenvalue weighted by atomic mass is 16.4. The van der Waals surface area contributed by atoms with E-state index in [-0.39, 0.29) is 23.9 Å². The fourth-order valence-electron chi connectivity index (χ4n) is 2.69. The third-order valence-electron chi connectivity index (χ3n) is 3.55. The Labute approximate surface area is 114 Å². The molecule has 1 aliphatic carbocycles. The number of hydrogen-bond donors (Lipinski definition) is 3. The van der Waals surface area contributed by atoms with E-state index in [1.807, 2.05) is 0 Å². The van der Waals surface area contributed by atoms with E-state index in [1.54, 1.807) is 6.08 Å². The molecule has 0 radical (unpaired) electrons. The number of carbonyl (C=O) groups excluding carboxylic acids is 1. The fourth-order valence-corrected chi connectivity index (χ4v) is 2.69. The molecule has 4 N–H and O–H groups in total. The van der Waals surface area contributed by atoms with Gasteiger partial charge in [0.15, 0.2) is 0 Å². The summed E-state index contributed by atoms with van der Waals surface area (Å²) in [7, 11) is 0. The number of carboxylic acid groups (broad SMARTS) is 1. The van der Waals surface area contributed by atoms with Crippen molar-refractivity contribution in [1.82, 2.24) is 5.32 Å². The Morgan fingerprint density at radius 1 is 1.53 bits per heavy atom. The first-order chi connectivity index (χ1) is 8.81. The molecule has 1 aliphatic rings. The normalized spacial score (nSPS) is 24.8. The summed E-state index contributed by atoms with van der Waals surface area (Å²) in [4.78, 5) is 22.2. The largest absolute Gasteiger partial charge is 0.478 e. The van der Waals surface area contributed by atoms with Gasteiger partial charge < -0.3 is 16.2 Å². The minimum atomic E-state index is -0.895. The Hall–Kier alpha value is -1.36. The average Bonchev–Trinajstić information content (AvgIpc) is 2.26. The van der Waals surface area contributed by atoms with Crippen molar-refractivity contribution in [2.24, 2.45) is 17.6 Å². The van der Waals surface area contributed by atoms with Crippen LogP contribution in [0.3, 0.4) is 0 Å². The molecule has 1 amide bonds. The van der Waals surface area contributed by atoms with Crippen LogP contribution in [0.2, 0.25) is 0 Å². The van der Waals surface area contributed by atoms with Crippen molar-refractivity contribution < 1.29 is 14.7 Å². The standard InChI is InChI=1S/C14H24N2O3/c1-8(2)6-13(16-9(3)17)11-5-4-10(14(18)19)7-12(11)15/h4,8,11-13H,5-7,15H2,1-3H3,(H,16,17)(H,18,19)/t11-,12-,13-/m0/s1. The number of carbonyl (C=O) groups is 2. The molecule has 19 heavy (non-hydrogen) atoms. The van der Waals surface area contributed by atoms with Gasteiger partial charge in [-0.1, -0.05) is 19.9 Å². The van der Waals surface area contributed by atoms with Crippen molar-refractivity contribution in [3.63, 3.8) is 0 Å². The number of carboxylic acids is 1. The number of rotatable bonds is 5. The van der Waals surface area contributed by atoms with Crippen LogP contribution in [-0.4, -0.2) is 29.1 Å². The number of nitrogens with one attached hydrogen (secondary N) is 1. The van der Waals surface area contributed by atoms with Crippen LogP contribution in [0, 0.1) is 11.8 Å². The van der Waals surface area contributed by atoms with E-state index in [1.165, 1.54) is 6.92 Å². The highest BCUT2D eigenvalue weighted by Crippen LogP contribution is 2.28. The number of allylic oxidation sites excluding steroid dienone is 1. The molecule has 5 nitrogen and oxygen atoms in total. The zero-order valence-electron chi connectivity index (χ0n) is 11.8. The Kier molecular flexibility index (Phi) is 5.54. The van der Waals surface area contributed by atoms with E-state index in [0.29, 0.717) is 24.3 Å². The smallest absolute Gasteiger partial charge is 0.331 e. The van der Waals surface area contributed by atoms with Gasteiger partial charge in [0.2, 0.25) is 5.91 Å². The monoisotopic (exact) mass is 268 g/mol. The second-order valence-corrected chi connectivity index (χ2v) is 5.74. The van der Waals surface area contributed by atoms with Gasteiger partial charge in [0, 0.05) is 24.6 Å². The van der Waals surface area contributed by atoms with Crippen LogP contribution < -0.4 is 11.1 Å². The van der Waals surface area contributed by atoms with Crippen LogP contribution in [0.15, 0.2) is 11.6 Å². The van der Waals surface area contributed by atoms with Gasteiger partial charge in [0.1, 0.15) is 0 Å². The van der Waals surface area contributed by atoms with E-state index in [9.17, 15) is 9.59 Å². The van der Waals surface area contributed by atoms with Crippen molar-refractivity contribution in [3.05, 3.63) is 11.6 Å². The van der Waals surface area contributed by atoms with Crippen LogP contribution in [-0.2, 0) is 9.59 Å². The second-order valence-electron chi connectivity index (χ2n) is 5.74. The molecular weight excluding hydrogens is 244 g/mol. The Bertz CT molecular complexity index is 377. The van der Waals surface area contributed by atoms with Gasteiger partial charge in [-0.05, 0) is 31.1 Å². The highest BCUT2D eigenvalue weighted by Gasteiger charge is 2.32. The molecule has 0 bridgehead atoms. The van der Waals surface area contributed by atoms with Gasteiger partial charge >= 0.3 is 5.97 Å². The summed E-state index contributed by atoms with van der Waals surface area (Å²) < 4.78 is 0. The molecule has 5 heteroatoms. The molecular formula is C14H24N2O3. The maximum atomic E-state index is 11.3. The van der Waals surface area contributed by atoms with Crippen LogP contribution in [0.25, 0.3) is 0 Å². The van der Waals surface area contributed by atoms with Crippen LogP contribution >= 0.6 is 0 Å². The molecule has 0 saturated heterocycles. The van der Waals surface area contributed by atoms with Gasteiger partial charge in [0.25, 0.3) is 0 Å². The minimum absolute atomic E-state index is 0.0131. The number of amides is 1. The first kappa shape index (κ1) is 15.7. The molecule has 0 saturated carbocycles. The number of aliphatic carboxylic acids is 1. The highest BCUT2D eigenvalue weighted by molar-refractivity contribution is 5.86. The second kappa shape index (κ2) is 6.70. The van der Waals surface area contributed by atoms with Crippen LogP contribution in [0.4, 0.5) is 0 Å². The van der Waals surface area contributed by atoms with E-state index < -0.39 is 5.97 Å². The maximum Gasteiger partial charge on any atom is 0.331 e. The number of nitrogens with two attached hydrogens (primary N) is 1. The molecule has 0 aromatic carbocycles. The molecule has 3 atom stereocenters. The topological polar surface area (TPSA) is 92.4 Å². The molecule has 0 aromatic heterocycles. The van der Waals surface area contributed by atoms with Crippen LogP contribution in [0.1, 0.15) is 40.0 Å². The maximum absolute atomic E-state index is 11.3. The zero-order chi connectivity index (χ0) is 14.6. The van der Waals surface area contributed by atoms with Crippen molar-refractivity contribution >= 4 is 11.9 Å². The third kappa shape index (κ3) is 4.67. The van der Waals surface area contributed by atoms with Crippen molar-refractivity contribution in [3.8, 4) is 0 Å². The van der Waals surface area contributed by atoms with E-state index in [4.69, 9.17) is 10.8 Å². The summed E-state index contributed by atoms with van der Waals surface area (Å²) in [6, 6.07) is -0.203. The summed E-state index contributed by atoms with van der Waals surface area (Å²) in [5.74, 6) is -0.400. The summed E-state index contributed by atoms with van der Waals surface area (Å²) >= 11 is 0. The molecule has 0 spiro atoms. The first-order valence-corrected chi connectivity index (χ1v) is 6.76. The molecule has 0 unspecified atom stereocenters. The lowest BCUT2D eigenvalue weighted by atomic mass is 9.78. The predicted molar refractivity (Wildman–Crippen MR) is 73.5 cm³/mol. The fraction of sp³-hybridized carbons (Fsp3) is 0.714. The molecule has 108 valence electrons. The van der Waals surface area contributed by atoms with Gasteiger partial charge in [-0.3, -0.25) is 4.79 Å². The Balaban J connectivity index is 2.79. The average molecular weight is 268 g/mol. The van der Waals surface area contributed by atoms with Gasteiger partial charge in [-0.2, -0.15) is 0 Å². The lowest BCUT2D eigenvalue weighted by molar-refractivity contribution is -0.133. The Morgan fingerprint density at radius 2 is 2.16 bits per heavy atom. The van der Waals surface area contributed by atoms with E-state index in [0.717, 1.165) is 6.42 Å². The first-order valence-electron chi connectivity index (χ1n) is 6.76. The van der Waals surface area contributed by atoms with Gasteiger partial charge in [0.05, 0.1) is 0 Å². The SMILES string of the molecule is CC(=O)N[C@@H](CC(C)C)[C@H]1CC=C(C(=O)O)C[C@@H]1N. The summed E-state index contributed by atoms with van der Waals surface area (Å²) in [5, 5.41) is 11.9. The van der Waals surface area contributed by atoms with Crippen molar-refractivity contribution in [1.29, 1.82) is 0 Å². The summed E-state index contributed by atoms with van der Waals surface area (Å²) in [5.41, 5.74) is 6.49. The van der Waals surface area contributed by atoms with Crippen LogP contribution in [0.5, 0.6) is 0 Å². The molecule has 1 rings (SSSR count). The summed E-state index contributed by atoms with van der Waals surface area (Å²) in [6.45, 7) is 5.70. The molecule has 0 heterocycles. The quantitative estimate of drug-likeness (QED) is 0.700. The lowest BCUT2D eigenvalue weighted by Gasteiger charge is -2.35. The van der Waals surface area contributed by atoms with Gasteiger partial charge in [-0.15, -0.1) is 0 Å². The predicted octanol–water partition coefficient (Wildman–Crippen LogP) is 1.29. The minimum Gasteiger partial charge on any atom is -0.478 e. The third-order valence-corrected chi connectivity index (χ3v) is 3.55. The molecule has 0 aromatic rings. The zero-order valence-corrected chi connectivity index (χ0v) is 11.8. The Morgan fingerprint density at radius 3 is 2.58 bits per heavy atom. The van der Waals surface area contributed by atoms with Gasteiger partial charge in [-0.25, -0.2) is 4.79 Å².